The highest BCUT2D eigenvalue weighted by Gasteiger charge is 2.24. The highest BCUT2D eigenvalue weighted by molar-refractivity contribution is 7.20. The van der Waals surface area contributed by atoms with Crippen LogP contribution < -0.4 is 4.90 Å². The van der Waals surface area contributed by atoms with Crippen molar-refractivity contribution in [2.45, 2.75) is 0 Å². The summed E-state index contributed by atoms with van der Waals surface area (Å²) in [5, 5.41) is 0.883. The zero-order valence-electron chi connectivity index (χ0n) is 15.7. The number of nitrogens with zero attached hydrogens (tertiary/aromatic N) is 4. The molecule has 3 heterocycles. The van der Waals surface area contributed by atoms with Crippen LogP contribution in [0.15, 0.2) is 67.0 Å². The standard InChI is InChI=1S/C22H19FN4OS/c23-17-5-1-2-6-19(17)25-11-13-26(14-12-25)21(28)16-7-8-18-20(15-16)29-22(24-18)27-9-3-4-10-27/h1-10,15H,11-14H2. The number of hydrogen-bond acceptors (Lipinski definition) is 4. The summed E-state index contributed by atoms with van der Waals surface area (Å²) < 4.78 is 17.0. The lowest BCUT2D eigenvalue weighted by molar-refractivity contribution is 0.0747. The van der Waals surface area contributed by atoms with Gasteiger partial charge in [-0.2, -0.15) is 0 Å². The molecule has 2 aromatic carbocycles. The quantitative estimate of drug-likeness (QED) is 0.512. The van der Waals surface area contributed by atoms with Crippen LogP contribution in [-0.4, -0.2) is 46.5 Å². The SMILES string of the molecule is O=C(c1ccc2nc(-n3cccc3)sc2c1)N1CCN(c2ccccc2F)CC1. The number of carbonyl (C=O) groups is 1. The van der Waals surface area contributed by atoms with Gasteiger partial charge in [-0.3, -0.25) is 4.79 Å². The number of rotatable bonds is 3. The van der Waals surface area contributed by atoms with Crippen LogP contribution in [0.25, 0.3) is 15.3 Å². The maximum Gasteiger partial charge on any atom is 0.254 e. The molecule has 5 nitrogen and oxygen atoms in total. The van der Waals surface area contributed by atoms with Crippen LogP contribution in [0.5, 0.6) is 0 Å². The lowest BCUT2D eigenvalue weighted by Gasteiger charge is -2.36. The van der Waals surface area contributed by atoms with E-state index in [1.165, 1.54) is 6.07 Å². The zero-order chi connectivity index (χ0) is 19.8. The molecule has 0 saturated carbocycles. The van der Waals surface area contributed by atoms with Crippen molar-refractivity contribution in [1.29, 1.82) is 0 Å². The molecule has 0 spiro atoms. The van der Waals surface area contributed by atoms with E-state index in [2.05, 4.69) is 4.98 Å². The molecule has 7 heteroatoms. The maximum absolute atomic E-state index is 14.0. The minimum Gasteiger partial charge on any atom is -0.366 e. The van der Waals surface area contributed by atoms with Crippen molar-refractivity contribution >= 4 is 33.1 Å². The van der Waals surface area contributed by atoms with E-state index >= 15 is 0 Å². The fourth-order valence-corrected chi connectivity index (χ4v) is 4.63. The second-order valence-corrected chi connectivity index (χ2v) is 8.01. The minimum atomic E-state index is -0.221. The topological polar surface area (TPSA) is 41.4 Å². The van der Waals surface area contributed by atoms with Gasteiger partial charge in [0, 0.05) is 44.1 Å². The number of anilines is 1. The molecule has 29 heavy (non-hydrogen) atoms. The van der Waals surface area contributed by atoms with Gasteiger partial charge in [-0.25, -0.2) is 9.37 Å². The summed E-state index contributed by atoms with van der Waals surface area (Å²) >= 11 is 1.56. The molecule has 0 unspecified atom stereocenters. The Bertz CT molecular complexity index is 1160. The lowest BCUT2D eigenvalue weighted by atomic mass is 10.1. The number of benzene rings is 2. The molecule has 0 atom stereocenters. The number of amides is 1. The van der Waals surface area contributed by atoms with E-state index in [0.29, 0.717) is 37.4 Å². The summed E-state index contributed by atoms with van der Waals surface area (Å²) in [6.07, 6.45) is 3.91. The summed E-state index contributed by atoms with van der Waals surface area (Å²) in [6, 6.07) is 16.4. The molecule has 0 N–H and O–H groups in total. The largest absolute Gasteiger partial charge is 0.366 e. The second-order valence-electron chi connectivity index (χ2n) is 7.00. The van der Waals surface area contributed by atoms with Gasteiger partial charge in [0.25, 0.3) is 5.91 Å². The summed E-state index contributed by atoms with van der Waals surface area (Å²) in [7, 11) is 0. The molecule has 4 aromatic rings. The van der Waals surface area contributed by atoms with Gasteiger partial charge < -0.3 is 14.4 Å². The molecule has 1 aliphatic heterocycles. The fraction of sp³-hybridized carbons (Fsp3) is 0.182. The van der Waals surface area contributed by atoms with Gasteiger partial charge in [-0.1, -0.05) is 23.5 Å². The van der Waals surface area contributed by atoms with Gasteiger partial charge in [0.1, 0.15) is 5.82 Å². The van der Waals surface area contributed by atoms with Crippen molar-refractivity contribution in [1.82, 2.24) is 14.5 Å². The summed E-state index contributed by atoms with van der Waals surface area (Å²) in [5.74, 6) is -0.211. The number of thiazole rings is 1. The van der Waals surface area contributed by atoms with Crippen LogP contribution in [0.3, 0.4) is 0 Å². The molecule has 5 rings (SSSR count). The number of para-hydroxylation sites is 1. The molecular weight excluding hydrogens is 387 g/mol. The van der Waals surface area contributed by atoms with Gasteiger partial charge in [0.15, 0.2) is 5.13 Å². The van der Waals surface area contributed by atoms with E-state index in [1.807, 2.05) is 63.2 Å². The van der Waals surface area contributed by atoms with E-state index < -0.39 is 0 Å². The molecule has 1 saturated heterocycles. The van der Waals surface area contributed by atoms with Gasteiger partial charge in [-0.15, -0.1) is 0 Å². The van der Waals surface area contributed by atoms with Crippen LogP contribution in [-0.2, 0) is 0 Å². The molecular formula is C22H19FN4OS. The molecule has 0 radical (unpaired) electrons. The third-order valence-electron chi connectivity index (χ3n) is 5.21. The van der Waals surface area contributed by atoms with Crippen molar-refractivity contribution in [3.05, 3.63) is 78.4 Å². The number of halogens is 1. The number of aromatic nitrogens is 2. The minimum absolute atomic E-state index is 0.0102. The Morgan fingerprint density at radius 2 is 1.72 bits per heavy atom. The first-order valence-corrected chi connectivity index (χ1v) is 10.3. The molecule has 1 aliphatic rings. The Kier molecular flexibility index (Phi) is 4.52. The lowest BCUT2D eigenvalue weighted by Crippen LogP contribution is -2.49. The second kappa shape index (κ2) is 7.33. The number of piperazine rings is 1. The van der Waals surface area contributed by atoms with Crippen molar-refractivity contribution in [3.8, 4) is 5.13 Å². The van der Waals surface area contributed by atoms with Gasteiger partial charge in [-0.05, 0) is 42.5 Å². The van der Waals surface area contributed by atoms with Gasteiger partial charge in [0.2, 0.25) is 0 Å². The van der Waals surface area contributed by atoms with Crippen molar-refractivity contribution in [3.63, 3.8) is 0 Å². The Hall–Kier alpha value is -3.19. The molecule has 0 bridgehead atoms. The van der Waals surface area contributed by atoms with Crippen LogP contribution in [0, 0.1) is 5.82 Å². The normalized spacial score (nSPS) is 14.5. The van der Waals surface area contributed by atoms with E-state index in [4.69, 9.17) is 0 Å². The van der Waals surface area contributed by atoms with Crippen LogP contribution in [0.1, 0.15) is 10.4 Å². The summed E-state index contributed by atoms with van der Waals surface area (Å²) in [4.78, 5) is 21.5. The smallest absolute Gasteiger partial charge is 0.254 e. The predicted molar refractivity (Wildman–Crippen MR) is 113 cm³/mol. The fourth-order valence-electron chi connectivity index (χ4n) is 3.66. The van der Waals surface area contributed by atoms with Crippen molar-refractivity contribution in [2.75, 3.05) is 31.1 Å². The first kappa shape index (κ1) is 17.9. The number of carbonyl (C=O) groups excluding carboxylic acids is 1. The third-order valence-corrected chi connectivity index (χ3v) is 6.24. The van der Waals surface area contributed by atoms with Gasteiger partial charge >= 0.3 is 0 Å². The Morgan fingerprint density at radius 1 is 0.966 bits per heavy atom. The van der Waals surface area contributed by atoms with E-state index in [-0.39, 0.29) is 11.7 Å². The molecule has 2 aromatic heterocycles. The summed E-state index contributed by atoms with van der Waals surface area (Å²) in [5.41, 5.74) is 2.15. The number of fused-ring (bicyclic) bond motifs is 1. The molecule has 1 amide bonds. The van der Waals surface area contributed by atoms with E-state index in [0.717, 1.165) is 15.3 Å². The van der Waals surface area contributed by atoms with Crippen molar-refractivity contribution in [2.24, 2.45) is 0 Å². The van der Waals surface area contributed by atoms with Crippen LogP contribution in [0.4, 0.5) is 10.1 Å². The zero-order valence-corrected chi connectivity index (χ0v) is 16.5. The number of hydrogen-bond donors (Lipinski definition) is 0. The third kappa shape index (κ3) is 3.38. The average Bonchev–Trinajstić information content (AvgIpc) is 3.43. The highest BCUT2D eigenvalue weighted by atomic mass is 32.1. The van der Waals surface area contributed by atoms with Crippen LogP contribution in [0.2, 0.25) is 0 Å². The molecule has 1 fully saturated rings. The highest BCUT2D eigenvalue weighted by Crippen LogP contribution is 2.27. The Morgan fingerprint density at radius 3 is 2.48 bits per heavy atom. The van der Waals surface area contributed by atoms with Gasteiger partial charge in [0.05, 0.1) is 15.9 Å². The van der Waals surface area contributed by atoms with E-state index in [9.17, 15) is 9.18 Å². The average molecular weight is 406 g/mol. The van der Waals surface area contributed by atoms with Crippen molar-refractivity contribution < 1.29 is 9.18 Å². The predicted octanol–water partition coefficient (Wildman–Crippen LogP) is 4.19. The Balaban J connectivity index is 1.32. The van der Waals surface area contributed by atoms with Crippen LogP contribution >= 0.6 is 11.3 Å². The first-order valence-electron chi connectivity index (χ1n) is 9.52. The van der Waals surface area contributed by atoms with E-state index in [1.54, 1.807) is 23.5 Å². The molecule has 146 valence electrons. The maximum atomic E-state index is 14.0. The first-order chi connectivity index (χ1) is 14.2. The Labute approximate surface area is 171 Å². The summed E-state index contributed by atoms with van der Waals surface area (Å²) in [6.45, 7) is 2.38. The monoisotopic (exact) mass is 406 g/mol. The molecule has 0 aliphatic carbocycles.